The number of ether oxygens (including phenoxy) is 1. The Labute approximate surface area is 174 Å². The summed E-state index contributed by atoms with van der Waals surface area (Å²) >= 11 is 1.46. The first-order valence-electron chi connectivity index (χ1n) is 9.52. The van der Waals surface area contributed by atoms with Gasteiger partial charge in [-0.1, -0.05) is 36.4 Å². The van der Waals surface area contributed by atoms with E-state index >= 15 is 0 Å². The van der Waals surface area contributed by atoms with Gasteiger partial charge in [0, 0.05) is 23.7 Å². The second-order valence-corrected chi connectivity index (χ2v) is 8.90. The summed E-state index contributed by atoms with van der Waals surface area (Å²) in [6.45, 7) is 3.93. The van der Waals surface area contributed by atoms with Gasteiger partial charge >= 0.3 is 5.97 Å². The van der Waals surface area contributed by atoms with E-state index in [-0.39, 0.29) is 6.61 Å². The molecule has 29 heavy (non-hydrogen) atoms. The quantitative estimate of drug-likeness (QED) is 0.301. The molecule has 0 aliphatic carbocycles. The van der Waals surface area contributed by atoms with Crippen LogP contribution in [-0.4, -0.2) is 50.8 Å². The lowest BCUT2D eigenvalue weighted by atomic mass is 10.1. The van der Waals surface area contributed by atoms with Gasteiger partial charge < -0.3 is 9.64 Å². The van der Waals surface area contributed by atoms with Crippen molar-refractivity contribution in [1.29, 1.82) is 0 Å². The molecule has 0 spiro atoms. The molecule has 1 aromatic heterocycles. The van der Waals surface area contributed by atoms with Crippen molar-refractivity contribution in [3.63, 3.8) is 0 Å². The molecular weight excluding hydrogens is 388 g/mol. The van der Waals surface area contributed by atoms with E-state index in [1.165, 1.54) is 16.7 Å². The first-order valence-corrected chi connectivity index (χ1v) is 10.5. The van der Waals surface area contributed by atoms with Gasteiger partial charge in [0.05, 0.1) is 11.5 Å². The number of Topliss-reactive ketones (excluding diaryl/α,β-unsaturated/α-hetero) is 1. The molecule has 1 aliphatic heterocycles. The first kappa shape index (κ1) is 21.0. The summed E-state index contributed by atoms with van der Waals surface area (Å²) in [5.41, 5.74) is 1.39. The molecule has 6 nitrogen and oxygen atoms in total. The Hall–Kier alpha value is -2.67. The van der Waals surface area contributed by atoms with Crippen LogP contribution >= 0.6 is 11.8 Å². The number of amides is 1. The predicted molar refractivity (Wildman–Crippen MR) is 111 cm³/mol. The molecule has 1 atom stereocenters. The Balaban J connectivity index is 1.62. The van der Waals surface area contributed by atoms with Gasteiger partial charge in [-0.05, 0) is 38.3 Å². The number of aromatic nitrogens is 1. The van der Waals surface area contributed by atoms with Gasteiger partial charge in [0.15, 0.2) is 0 Å². The van der Waals surface area contributed by atoms with E-state index < -0.39 is 28.6 Å². The molecule has 7 heteroatoms. The molecule has 0 radical (unpaired) electrons. The van der Waals surface area contributed by atoms with Crippen LogP contribution in [0.15, 0.2) is 54.9 Å². The number of ketones is 1. The summed E-state index contributed by atoms with van der Waals surface area (Å²) in [5.74, 6) is -1.36. The molecule has 0 unspecified atom stereocenters. The highest BCUT2D eigenvalue weighted by atomic mass is 32.2. The third-order valence-electron chi connectivity index (χ3n) is 4.78. The molecule has 2 aromatic rings. The van der Waals surface area contributed by atoms with Crippen LogP contribution in [0.4, 0.5) is 0 Å². The lowest BCUT2D eigenvalue weighted by Crippen LogP contribution is -2.52. The Kier molecular flexibility index (Phi) is 6.69. The van der Waals surface area contributed by atoms with Gasteiger partial charge in [-0.25, -0.2) is 4.79 Å². The minimum Gasteiger partial charge on any atom is -0.464 e. The van der Waals surface area contributed by atoms with Gasteiger partial charge in [-0.15, -0.1) is 11.8 Å². The molecule has 2 heterocycles. The zero-order valence-corrected chi connectivity index (χ0v) is 17.4. The van der Waals surface area contributed by atoms with Crippen LogP contribution in [0.25, 0.3) is 0 Å². The molecule has 0 N–H and O–H groups in total. The molecule has 3 rings (SSSR count). The summed E-state index contributed by atoms with van der Waals surface area (Å²) in [7, 11) is 0. The number of nitrogens with zero attached hydrogens (tertiary/aromatic N) is 2. The minimum absolute atomic E-state index is 0.254. The zero-order chi connectivity index (χ0) is 20.9. The topological polar surface area (TPSA) is 76.6 Å². The van der Waals surface area contributed by atoms with Crippen molar-refractivity contribution in [3.05, 3.63) is 66.0 Å². The fraction of sp³-hybridized carbons (Fsp3) is 0.364. The number of thioether (sulfide) groups is 1. The van der Waals surface area contributed by atoms with Crippen LogP contribution < -0.4 is 0 Å². The fourth-order valence-electron chi connectivity index (χ4n) is 3.28. The third kappa shape index (κ3) is 5.03. The van der Waals surface area contributed by atoms with Crippen LogP contribution in [0.3, 0.4) is 0 Å². The van der Waals surface area contributed by atoms with Gasteiger partial charge in [-0.2, -0.15) is 0 Å². The van der Waals surface area contributed by atoms with Crippen molar-refractivity contribution in [2.24, 2.45) is 0 Å². The number of pyridine rings is 1. The van der Waals surface area contributed by atoms with Crippen LogP contribution in [0.2, 0.25) is 0 Å². The molecule has 0 saturated carbocycles. The summed E-state index contributed by atoms with van der Waals surface area (Å²) in [6, 6.07) is 11.5. The number of benzene rings is 1. The van der Waals surface area contributed by atoms with Crippen molar-refractivity contribution in [2.45, 2.75) is 37.6 Å². The monoisotopic (exact) mass is 412 g/mol. The molecule has 1 saturated heterocycles. The zero-order valence-electron chi connectivity index (χ0n) is 16.5. The van der Waals surface area contributed by atoms with Crippen molar-refractivity contribution in [1.82, 2.24) is 9.88 Å². The number of hydrogen-bond donors (Lipinski definition) is 0. The van der Waals surface area contributed by atoms with E-state index in [1.807, 2.05) is 26.0 Å². The Bertz CT molecular complexity index is 871. The molecule has 0 bridgehead atoms. The summed E-state index contributed by atoms with van der Waals surface area (Å²) in [6.07, 6.45) is 4.91. The predicted octanol–water partition coefficient (Wildman–Crippen LogP) is 3.12. The largest absolute Gasteiger partial charge is 0.464 e. The first-order chi connectivity index (χ1) is 13.9. The van der Waals surface area contributed by atoms with Gasteiger partial charge in [0.1, 0.15) is 6.04 Å². The normalized spacial score (nSPS) is 17.7. The smallest absolute Gasteiger partial charge is 0.329 e. The van der Waals surface area contributed by atoms with E-state index in [9.17, 15) is 14.4 Å². The number of hydrogen-bond acceptors (Lipinski definition) is 6. The van der Waals surface area contributed by atoms with Crippen molar-refractivity contribution < 1.29 is 19.1 Å². The van der Waals surface area contributed by atoms with Gasteiger partial charge in [-0.3, -0.25) is 14.6 Å². The average molecular weight is 413 g/mol. The van der Waals surface area contributed by atoms with E-state index in [4.69, 9.17) is 4.74 Å². The van der Waals surface area contributed by atoms with Crippen LogP contribution in [0.1, 0.15) is 36.2 Å². The molecule has 152 valence electrons. The highest BCUT2D eigenvalue weighted by Crippen LogP contribution is 2.39. The summed E-state index contributed by atoms with van der Waals surface area (Å²) < 4.78 is 5.43. The molecular formula is C22H24N2O4S. The van der Waals surface area contributed by atoms with Crippen molar-refractivity contribution in [3.8, 4) is 0 Å². The van der Waals surface area contributed by atoms with E-state index in [0.717, 1.165) is 12.0 Å². The molecule has 1 fully saturated rings. The standard InChI is InChI=1S/C22H24N2O4S/c1-22(2)24(20(26)19(25)17-10-4-3-5-11-17)18(15-29-22)21(27)28-13-7-9-16-8-6-12-23-14-16/h3-6,8,10-12,14,18H,7,9,13,15H2,1-2H3/t18-/m0/s1. The highest BCUT2D eigenvalue weighted by Gasteiger charge is 2.49. The number of carbonyl (C=O) groups is 3. The van der Waals surface area contributed by atoms with Gasteiger partial charge in [0.2, 0.25) is 5.78 Å². The molecule has 1 aromatic carbocycles. The van der Waals surface area contributed by atoms with E-state index in [0.29, 0.717) is 17.7 Å². The highest BCUT2D eigenvalue weighted by molar-refractivity contribution is 8.00. The van der Waals surface area contributed by atoms with Gasteiger partial charge in [0.25, 0.3) is 5.91 Å². The SMILES string of the molecule is CC1(C)SC[C@@H](C(=O)OCCCc2cccnc2)N1C(=O)C(=O)c1ccccc1. The lowest BCUT2D eigenvalue weighted by Gasteiger charge is -2.33. The molecule has 1 amide bonds. The lowest BCUT2D eigenvalue weighted by molar-refractivity contribution is -0.154. The second kappa shape index (κ2) is 9.22. The summed E-state index contributed by atoms with van der Waals surface area (Å²) in [4.78, 5) is 43.0. The number of aryl methyl sites for hydroxylation is 1. The van der Waals surface area contributed by atoms with Crippen molar-refractivity contribution in [2.75, 3.05) is 12.4 Å². The Morgan fingerprint density at radius 2 is 1.93 bits per heavy atom. The van der Waals surface area contributed by atoms with Crippen LogP contribution in [0.5, 0.6) is 0 Å². The Morgan fingerprint density at radius 3 is 2.62 bits per heavy atom. The maximum absolute atomic E-state index is 12.9. The second-order valence-electron chi connectivity index (χ2n) is 7.28. The average Bonchev–Trinajstić information content (AvgIpc) is 3.06. The minimum atomic E-state index is -0.770. The maximum Gasteiger partial charge on any atom is 0.329 e. The van der Waals surface area contributed by atoms with E-state index in [1.54, 1.807) is 42.7 Å². The third-order valence-corrected chi connectivity index (χ3v) is 6.17. The number of rotatable bonds is 7. The van der Waals surface area contributed by atoms with E-state index in [2.05, 4.69) is 4.98 Å². The Morgan fingerprint density at radius 1 is 1.17 bits per heavy atom. The number of carbonyl (C=O) groups excluding carboxylic acids is 3. The summed E-state index contributed by atoms with van der Waals surface area (Å²) in [5, 5.41) is 0. The maximum atomic E-state index is 12.9. The van der Waals surface area contributed by atoms with Crippen LogP contribution in [-0.2, 0) is 20.7 Å². The number of esters is 1. The van der Waals surface area contributed by atoms with Crippen molar-refractivity contribution >= 4 is 29.4 Å². The fourth-order valence-corrected chi connectivity index (χ4v) is 4.48. The molecule has 1 aliphatic rings. The van der Waals surface area contributed by atoms with Crippen LogP contribution in [0, 0.1) is 0 Å².